The third-order valence-corrected chi connectivity index (χ3v) is 5.93. The van der Waals surface area contributed by atoms with Crippen LogP contribution in [0, 0.1) is 0 Å². The first-order chi connectivity index (χ1) is 17.5. The molecule has 3 aromatic rings. The monoisotopic (exact) mass is 506 g/mol. The number of esters is 1. The Kier molecular flexibility index (Phi) is 10.9. The fourth-order valence-electron chi connectivity index (χ4n) is 3.40. The third-order valence-electron chi connectivity index (χ3n) is 5.26. The molecule has 3 aromatic carbocycles. The van der Waals surface area contributed by atoms with Gasteiger partial charge in [-0.25, -0.2) is 9.59 Å². The minimum Gasteiger partial charge on any atom is -0.459 e. The number of ether oxygens (including phenoxy) is 2. The Bertz CT molecular complexity index is 1100. The summed E-state index contributed by atoms with van der Waals surface area (Å²) in [4.78, 5) is 38.5. The normalized spacial score (nSPS) is 12.1. The highest BCUT2D eigenvalue weighted by molar-refractivity contribution is 7.98. The lowest BCUT2D eigenvalue weighted by atomic mass is 10.1. The van der Waals surface area contributed by atoms with E-state index in [1.165, 1.54) is 11.8 Å². The topological polar surface area (TPSA) is 93.7 Å². The first kappa shape index (κ1) is 26.8. The predicted molar refractivity (Wildman–Crippen MR) is 140 cm³/mol. The van der Waals surface area contributed by atoms with Gasteiger partial charge >= 0.3 is 12.1 Å². The SMILES string of the molecule is CSC[C@H](NC(=O)[C@H](Cc1ccccc1)NC(=O)OCc1ccccc1)C(=O)OCc1ccccc1. The summed E-state index contributed by atoms with van der Waals surface area (Å²) in [5, 5.41) is 5.40. The average Bonchev–Trinajstić information content (AvgIpc) is 2.91. The van der Waals surface area contributed by atoms with Crippen molar-refractivity contribution in [2.75, 3.05) is 12.0 Å². The fourth-order valence-corrected chi connectivity index (χ4v) is 3.96. The number of alkyl carbamates (subject to hydrolysis) is 1. The number of thioether (sulfide) groups is 1. The molecule has 0 aromatic heterocycles. The molecule has 0 aliphatic carbocycles. The Morgan fingerprint density at radius 1 is 0.694 bits per heavy atom. The van der Waals surface area contributed by atoms with Crippen molar-refractivity contribution < 1.29 is 23.9 Å². The lowest BCUT2D eigenvalue weighted by molar-refractivity contribution is -0.148. The van der Waals surface area contributed by atoms with Gasteiger partial charge in [-0.3, -0.25) is 4.79 Å². The zero-order chi connectivity index (χ0) is 25.6. The summed E-state index contributed by atoms with van der Waals surface area (Å²) in [6.07, 6.45) is 1.35. The maximum atomic E-state index is 13.2. The van der Waals surface area contributed by atoms with Gasteiger partial charge in [-0.15, -0.1) is 0 Å². The van der Waals surface area contributed by atoms with Crippen LogP contribution in [0.1, 0.15) is 16.7 Å². The van der Waals surface area contributed by atoms with Crippen molar-refractivity contribution in [2.45, 2.75) is 31.7 Å². The maximum absolute atomic E-state index is 13.2. The lowest BCUT2D eigenvalue weighted by Crippen LogP contribution is -2.53. The molecule has 0 saturated carbocycles. The van der Waals surface area contributed by atoms with E-state index < -0.39 is 30.1 Å². The van der Waals surface area contributed by atoms with Gasteiger partial charge in [-0.2, -0.15) is 11.8 Å². The number of amides is 2. The summed E-state index contributed by atoms with van der Waals surface area (Å²) < 4.78 is 10.7. The average molecular weight is 507 g/mol. The van der Waals surface area contributed by atoms with E-state index in [9.17, 15) is 14.4 Å². The van der Waals surface area contributed by atoms with Crippen molar-refractivity contribution in [1.29, 1.82) is 0 Å². The molecule has 0 bridgehead atoms. The highest BCUT2D eigenvalue weighted by atomic mass is 32.2. The van der Waals surface area contributed by atoms with Gasteiger partial charge in [0.1, 0.15) is 25.3 Å². The molecule has 8 heteroatoms. The number of carbonyl (C=O) groups excluding carboxylic acids is 3. The summed E-state index contributed by atoms with van der Waals surface area (Å²) in [6, 6.07) is 26.1. The van der Waals surface area contributed by atoms with E-state index in [4.69, 9.17) is 9.47 Å². The Labute approximate surface area is 215 Å². The number of hydrogen-bond acceptors (Lipinski definition) is 6. The van der Waals surface area contributed by atoms with Crippen LogP contribution in [-0.2, 0) is 38.7 Å². The zero-order valence-electron chi connectivity index (χ0n) is 20.1. The number of hydrogen-bond donors (Lipinski definition) is 2. The fraction of sp³-hybridized carbons (Fsp3) is 0.250. The number of benzene rings is 3. The molecule has 36 heavy (non-hydrogen) atoms. The molecular weight excluding hydrogens is 476 g/mol. The minimum absolute atomic E-state index is 0.0766. The Hall–Kier alpha value is -3.78. The van der Waals surface area contributed by atoms with E-state index in [1.807, 2.05) is 97.3 Å². The first-order valence-corrected chi connectivity index (χ1v) is 13.0. The van der Waals surface area contributed by atoms with Crippen LogP contribution in [-0.4, -0.2) is 42.1 Å². The molecule has 7 nitrogen and oxygen atoms in total. The quantitative estimate of drug-likeness (QED) is 0.359. The highest BCUT2D eigenvalue weighted by Gasteiger charge is 2.28. The van der Waals surface area contributed by atoms with Crippen molar-refractivity contribution >= 4 is 29.7 Å². The van der Waals surface area contributed by atoms with Crippen LogP contribution in [0.5, 0.6) is 0 Å². The molecule has 0 saturated heterocycles. The molecule has 2 amide bonds. The highest BCUT2D eigenvalue weighted by Crippen LogP contribution is 2.08. The lowest BCUT2D eigenvalue weighted by Gasteiger charge is -2.22. The van der Waals surface area contributed by atoms with E-state index in [0.717, 1.165) is 16.7 Å². The van der Waals surface area contributed by atoms with Crippen LogP contribution in [0.15, 0.2) is 91.0 Å². The molecule has 0 aliphatic rings. The number of nitrogens with one attached hydrogen (secondary N) is 2. The summed E-state index contributed by atoms with van der Waals surface area (Å²) in [5.41, 5.74) is 2.54. The van der Waals surface area contributed by atoms with E-state index in [2.05, 4.69) is 10.6 Å². The molecule has 0 aliphatic heterocycles. The molecule has 0 radical (unpaired) electrons. The van der Waals surface area contributed by atoms with Gasteiger partial charge in [0.05, 0.1) is 0 Å². The largest absolute Gasteiger partial charge is 0.459 e. The summed E-state index contributed by atoms with van der Waals surface area (Å²) >= 11 is 1.41. The van der Waals surface area contributed by atoms with Gasteiger partial charge in [0.15, 0.2) is 0 Å². The molecule has 2 atom stereocenters. The van der Waals surface area contributed by atoms with Crippen molar-refractivity contribution in [3.8, 4) is 0 Å². The van der Waals surface area contributed by atoms with Crippen LogP contribution in [0.25, 0.3) is 0 Å². The van der Waals surface area contributed by atoms with Crippen LogP contribution in [0.3, 0.4) is 0 Å². The van der Waals surface area contributed by atoms with E-state index in [0.29, 0.717) is 5.75 Å². The van der Waals surface area contributed by atoms with E-state index in [-0.39, 0.29) is 19.6 Å². The standard InChI is InChI=1S/C28H30N2O5S/c1-36-20-25(27(32)34-18-22-13-7-3-8-14-22)29-26(31)24(17-21-11-5-2-6-12-21)30-28(33)35-19-23-15-9-4-10-16-23/h2-16,24-25H,17-20H2,1H3,(H,29,31)(H,30,33)/t24-,25-/m0/s1. The molecule has 188 valence electrons. The van der Waals surface area contributed by atoms with Gasteiger partial charge in [0.25, 0.3) is 0 Å². The van der Waals surface area contributed by atoms with Crippen molar-refractivity contribution in [1.82, 2.24) is 10.6 Å². The van der Waals surface area contributed by atoms with Gasteiger partial charge in [-0.05, 0) is 22.9 Å². The molecule has 0 heterocycles. The summed E-state index contributed by atoms with van der Waals surface area (Å²) in [6.45, 7) is 0.186. The number of carbonyl (C=O) groups is 3. The molecule has 2 N–H and O–H groups in total. The van der Waals surface area contributed by atoms with Crippen LogP contribution in [0.4, 0.5) is 4.79 Å². The van der Waals surface area contributed by atoms with Crippen molar-refractivity contribution in [3.63, 3.8) is 0 Å². The van der Waals surface area contributed by atoms with Gasteiger partial charge < -0.3 is 20.1 Å². The predicted octanol–water partition coefficient (Wildman–Crippen LogP) is 4.12. The van der Waals surface area contributed by atoms with E-state index >= 15 is 0 Å². The Morgan fingerprint density at radius 2 is 1.19 bits per heavy atom. The van der Waals surface area contributed by atoms with Crippen LogP contribution in [0.2, 0.25) is 0 Å². The molecule has 0 unspecified atom stereocenters. The van der Waals surface area contributed by atoms with Gasteiger partial charge in [0, 0.05) is 12.2 Å². The molecule has 3 rings (SSSR count). The smallest absolute Gasteiger partial charge is 0.408 e. The van der Waals surface area contributed by atoms with Crippen LogP contribution < -0.4 is 10.6 Å². The molecular formula is C28H30N2O5S. The van der Waals surface area contributed by atoms with Gasteiger partial charge in [-0.1, -0.05) is 91.0 Å². The summed E-state index contributed by atoms with van der Waals surface area (Å²) in [5.74, 6) is -0.700. The number of rotatable bonds is 12. The Balaban J connectivity index is 1.64. The van der Waals surface area contributed by atoms with E-state index in [1.54, 1.807) is 0 Å². The summed E-state index contributed by atoms with van der Waals surface area (Å²) in [7, 11) is 0. The van der Waals surface area contributed by atoms with Gasteiger partial charge in [0.2, 0.25) is 5.91 Å². The molecule has 0 spiro atoms. The van der Waals surface area contributed by atoms with Crippen molar-refractivity contribution in [3.05, 3.63) is 108 Å². The second kappa shape index (κ2) is 14.6. The van der Waals surface area contributed by atoms with Crippen molar-refractivity contribution in [2.24, 2.45) is 0 Å². The second-order valence-electron chi connectivity index (χ2n) is 8.06. The maximum Gasteiger partial charge on any atom is 0.408 e. The Morgan fingerprint density at radius 3 is 1.72 bits per heavy atom. The zero-order valence-corrected chi connectivity index (χ0v) is 20.9. The minimum atomic E-state index is -0.943. The second-order valence-corrected chi connectivity index (χ2v) is 8.97. The first-order valence-electron chi connectivity index (χ1n) is 11.6. The van der Waals surface area contributed by atoms with Crippen LogP contribution >= 0.6 is 11.8 Å². The molecule has 0 fully saturated rings. The third kappa shape index (κ3) is 9.11.